The van der Waals surface area contributed by atoms with Gasteiger partial charge in [0, 0.05) is 10.3 Å². The van der Waals surface area contributed by atoms with E-state index in [9.17, 15) is 0 Å². The van der Waals surface area contributed by atoms with Crippen molar-refractivity contribution in [3.63, 3.8) is 0 Å². The van der Waals surface area contributed by atoms with Gasteiger partial charge in [-0.25, -0.2) is 0 Å². The summed E-state index contributed by atoms with van der Waals surface area (Å²) in [6, 6.07) is 1.95. The molecule has 0 bridgehead atoms. The summed E-state index contributed by atoms with van der Waals surface area (Å²) in [5.41, 5.74) is 0. The smallest absolute Gasteiger partial charge is 0.0519 e. The molecule has 0 N–H and O–H groups in total. The number of thiophene rings is 1. The molecule has 0 nitrogen and oxygen atoms in total. The van der Waals surface area contributed by atoms with E-state index < -0.39 is 0 Å². The molecule has 0 aliphatic heterocycles. The fourth-order valence-corrected chi connectivity index (χ4v) is 2.08. The Hall–Kier alpha value is 0.460. The minimum absolute atomic E-state index is 0.824. The molecule has 0 atom stereocenters. The van der Waals surface area contributed by atoms with Gasteiger partial charge in [-0.1, -0.05) is 34.2 Å². The van der Waals surface area contributed by atoms with E-state index in [0.29, 0.717) is 0 Å². The van der Waals surface area contributed by atoms with Crippen molar-refractivity contribution in [1.82, 2.24) is 0 Å². The van der Waals surface area contributed by atoms with Gasteiger partial charge in [-0.05, 0) is 16.2 Å². The summed E-state index contributed by atoms with van der Waals surface area (Å²) < 4.78 is 1.97. The maximum absolute atomic E-state index is 5.67. The molecule has 1 aromatic heterocycles. The summed E-state index contributed by atoms with van der Waals surface area (Å²) in [5.74, 6) is 0. The average molecular weight is 271 g/mol. The van der Waals surface area contributed by atoms with Crippen LogP contribution in [0, 0.1) is 0 Å². The molecule has 0 amide bonds. The Bertz CT molecular complexity index is 217. The molecule has 0 radical (unpaired) electrons. The van der Waals surface area contributed by atoms with Crippen LogP contribution < -0.4 is 0 Å². The highest BCUT2D eigenvalue weighted by Crippen LogP contribution is 2.20. The molecule has 0 saturated carbocycles. The van der Waals surface area contributed by atoms with Gasteiger partial charge in [-0.2, -0.15) is 0 Å². The van der Waals surface area contributed by atoms with Gasteiger partial charge in [0.2, 0.25) is 0 Å². The molecule has 48 valence electrons. The predicted molar refractivity (Wildman–Crippen MR) is 52.4 cm³/mol. The highest BCUT2D eigenvalue weighted by atomic mass is 127. The highest BCUT2D eigenvalue weighted by molar-refractivity contribution is 14.1. The normalized spacial score (nSPS) is 10.9. The molecule has 0 aliphatic carbocycles. The van der Waals surface area contributed by atoms with E-state index in [-0.39, 0.29) is 0 Å². The van der Waals surface area contributed by atoms with Gasteiger partial charge in [-0.15, -0.1) is 11.3 Å². The maximum Gasteiger partial charge on any atom is 0.0519 e. The first-order valence-electron chi connectivity index (χ1n) is 2.34. The molecular weight excluding hydrogens is 266 g/mol. The second kappa shape index (κ2) is 3.58. The van der Waals surface area contributed by atoms with Crippen LogP contribution >= 0.6 is 45.5 Å². The third-order valence-electron chi connectivity index (χ3n) is 0.815. The summed E-state index contributed by atoms with van der Waals surface area (Å²) >= 11 is 9.50. The molecule has 3 heteroatoms. The van der Waals surface area contributed by atoms with Crippen LogP contribution in [0.2, 0.25) is 5.02 Å². The molecule has 1 rings (SSSR count). The van der Waals surface area contributed by atoms with Crippen molar-refractivity contribution in [3.05, 3.63) is 25.4 Å². The van der Waals surface area contributed by atoms with Crippen molar-refractivity contribution in [2.75, 3.05) is 0 Å². The summed E-state index contributed by atoms with van der Waals surface area (Å²) in [6.45, 7) is 0. The SMILES string of the molecule is Clc1csc(/C=C/I)c1. The van der Waals surface area contributed by atoms with E-state index in [0.717, 1.165) is 5.02 Å². The van der Waals surface area contributed by atoms with Crippen LogP contribution in [0.1, 0.15) is 4.88 Å². The van der Waals surface area contributed by atoms with Crippen molar-refractivity contribution in [2.45, 2.75) is 0 Å². The minimum atomic E-state index is 0.824. The van der Waals surface area contributed by atoms with Gasteiger partial charge in [-0.3, -0.25) is 0 Å². The van der Waals surface area contributed by atoms with Gasteiger partial charge >= 0.3 is 0 Å². The van der Waals surface area contributed by atoms with Crippen LogP contribution in [0.5, 0.6) is 0 Å². The summed E-state index contributed by atoms with van der Waals surface area (Å²) in [4.78, 5) is 1.20. The highest BCUT2D eigenvalue weighted by Gasteiger charge is 1.90. The summed E-state index contributed by atoms with van der Waals surface area (Å²) in [5, 5.41) is 2.75. The van der Waals surface area contributed by atoms with Gasteiger partial charge in [0.05, 0.1) is 5.02 Å². The van der Waals surface area contributed by atoms with Crippen LogP contribution in [0.25, 0.3) is 6.08 Å². The van der Waals surface area contributed by atoms with Crippen molar-refractivity contribution >= 4 is 51.6 Å². The van der Waals surface area contributed by atoms with Crippen LogP contribution in [0.4, 0.5) is 0 Å². The number of hydrogen-bond acceptors (Lipinski definition) is 1. The second-order valence-electron chi connectivity index (χ2n) is 1.46. The Morgan fingerprint density at radius 2 is 2.44 bits per heavy atom. The lowest BCUT2D eigenvalue weighted by Crippen LogP contribution is -1.50. The van der Waals surface area contributed by atoms with Crippen LogP contribution in [-0.2, 0) is 0 Å². The zero-order chi connectivity index (χ0) is 6.69. The summed E-state index contributed by atoms with van der Waals surface area (Å²) in [6.07, 6.45) is 2.02. The first-order chi connectivity index (χ1) is 4.33. The van der Waals surface area contributed by atoms with Crippen molar-refractivity contribution in [1.29, 1.82) is 0 Å². The van der Waals surface area contributed by atoms with Gasteiger partial charge in [0.15, 0.2) is 0 Å². The number of hydrogen-bond donors (Lipinski definition) is 0. The number of halogens is 2. The third kappa shape index (κ3) is 2.27. The van der Waals surface area contributed by atoms with Gasteiger partial charge in [0.25, 0.3) is 0 Å². The molecule has 1 heterocycles. The van der Waals surface area contributed by atoms with Crippen molar-refractivity contribution in [2.24, 2.45) is 0 Å². The standard InChI is InChI=1S/C6H4ClIS/c7-5-3-6(1-2-8)9-4-5/h1-4H/b2-1+. The molecule has 0 saturated heterocycles. The van der Waals surface area contributed by atoms with Gasteiger partial charge in [0.1, 0.15) is 0 Å². The minimum Gasteiger partial charge on any atom is -0.143 e. The van der Waals surface area contributed by atoms with E-state index in [1.807, 2.05) is 21.6 Å². The lowest BCUT2D eigenvalue weighted by Gasteiger charge is -1.75. The van der Waals surface area contributed by atoms with Crippen molar-refractivity contribution < 1.29 is 0 Å². The fraction of sp³-hybridized carbons (Fsp3) is 0. The summed E-state index contributed by atoms with van der Waals surface area (Å²) in [7, 11) is 0. The first kappa shape index (κ1) is 7.57. The molecule has 0 aliphatic rings. The fourth-order valence-electron chi connectivity index (χ4n) is 0.478. The Labute approximate surface area is 76.7 Å². The zero-order valence-electron chi connectivity index (χ0n) is 4.47. The first-order valence-corrected chi connectivity index (χ1v) is 4.84. The van der Waals surface area contributed by atoms with E-state index in [2.05, 4.69) is 22.6 Å². The number of rotatable bonds is 1. The predicted octanol–water partition coefficient (Wildman–Crippen LogP) is 3.81. The lowest BCUT2D eigenvalue weighted by molar-refractivity contribution is 1.95. The van der Waals surface area contributed by atoms with E-state index in [4.69, 9.17) is 11.6 Å². The topological polar surface area (TPSA) is 0 Å². The van der Waals surface area contributed by atoms with Crippen LogP contribution in [0.15, 0.2) is 15.5 Å². The molecule has 0 unspecified atom stereocenters. The molecule has 0 aromatic carbocycles. The van der Waals surface area contributed by atoms with E-state index in [1.165, 1.54) is 4.88 Å². The molecular formula is C6H4ClIS. The van der Waals surface area contributed by atoms with Crippen LogP contribution in [0.3, 0.4) is 0 Å². The van der Waals surface area contributed by atoms with Crippen LogP contribution in [-0.4, -0.2) is 0 Å². The van der Waals surface area contributed by atoms with Gasteiger partial charge < -0.3 is 0 Å². The van der Waals surface area contributed by atoms with E-state index >= 15 is 0 Å². The second-order valence-corrected chi connectivity index (χ2v) is 3.56. The lowest BCUT2D eigenvalue weighted by atomic mass is 10.5. The monoisotopic (exact) mass is 270 g/mol. The Balaban J connectivity index is 2.85. The molecule has 0 fully saturated rings. The molecule has 9 heavy (non-hydrogen) atoms. The quantitative estimate of drug-likeness (QED) is 0.681. The Morgan fingerprint density at radius 3 is 2.89 bits per heavy atom. The van der Waals surface area contributed by atoms with Crippen molar-refractivity contribution in [3.8, 4) is 0 Å². The zero-order valence-corrected chi connectivity index (χ0v) is 8.20. The maximum atomic E-state index is 5.67. The Morgan fingerprint density at radius 1 is 1.67 bits per heavy atom. The average Bonchev–Trinajstić information content (AvgIpc) is 2.17. The Kier molecular flexibility index (Phi) is 3.01. The van der Waals surface area contributed by atoms with E-state index in [1.54, 1.807) is 11.3 Å². The third-order valence-corrected chi connectivity index (χ3v) is 2.42. The molecule has 1 aromatic rings. The molecule has 0 spiro atoms. The largest absolute Gasteiger partial charge is 0.143 e.